The number of hydrogen-bond acceptors (Lipinski definition) is 2. The number of thiol groups is 1. The van der Waals surface area contributed by atoms with Crippen molar-refractivity contribution in [3.63, 3.8) is 0 Å². The maximum atomic E-state index is 8.90. The van der Waals surface area contributed by atoms with E-state index in [2.05, 4.69) is 19.6 Å². The van der Waals surface area contributed by atoms with Crippen molar-refractivity contribution in [3.05, 3.63) is 0 Å². The Kier molecular flexibility index (Phi) is 5.30. The molecule has 0 aliphatic rings. The van der Waals surface area contributed by atoms with Crippen LogP contribution < -0.4 is 0 Å². The second-order valence-electron chi connectivity index (χ2n) is 2.53. The van der Waals surface area contributed by atoms with Gasteiger partial charge < -0.3 is 5.11 Å². The van der Waals surface area contributed by atoms with Crippen molar-refractivity contribution >= 4 is 12.6 Å². The Labute approximate surface area is 62.9 Å². The third-order valence-corrected chi connectivity index (χ3v) is 1.70. The van der Waals surface area contributed by atoms with Crippen LogP contribution in [0, 0.1) is 0 Å². The molecule has 0 aromatic rings. The fourth-order valence-corrected chi connectivity index (χ4v) is 1.41. The summed E-state index contributed by atoms with van der Waals surface area (Å²) < 4.78 is 0. The van der Waals surface area contributed by atoms with E-state index in [1.807, 2.05) is 0 Å². The number of aliphatic hydroxyl groups excluding tert-OH is 1. The highest BCUT2D eigenvalue weighted by atomic mass is 32.1. The van der Waals surface area contributed by atoms with Crippen molar-refractivity contribution in [2.45, 2.75) is 44.5 Å². The lowest BCUT2D eigenvalue weighted by atomic mass is 10.1. The van der Waals surface area contributed by atoms with Crippen LogP contribution in [0.3, 0.4) is 0 Å². The highest BCUT2D eigenvalue weighted by Gasteiger charge is 2.04. The molecule has 2 atom stereocenters. The Hall–Kier alpha value is 0.310. The van der Waals surface area contributed by atoms with E-state index in [0.29, 0.717) is 5.25 Å². The van der Waals surface area contributed by atoms with Crippen LogP contribution in [0.25, 0.3) is 0 Å². The van der Waals surface area contributed by atoms with Gasteiger partial charge in [0.25, 0.3) is 0 Å². The molecule has 0 fully saturated rings. The van der Waals surface area contributed by atoms with Crippen molar-refractivity contribution < 1.29 is 5.11 Å². The van der Waals surface area contributed by atoms with E-state index in [1.54, 1.807) is 6.92 Å². The number of aliphatic hydroxyl groups is 1. The Balaban J connectivity index is 3.15. The van der Waals surface area contributed by atoms with Crippen molar-refractivity contribution in [1.29, 1.82) is 0 Å². The molecule has 0 aromatic heterocycles. The molecule has 0 heterocycles. The lowest BCUT2D eigenvalue weighted by Crippen LogP contribution is -2.09. The molecule has 0 unspecified atom stereocenters. The van der Waals surface area contributed by atoms with E-state index >= 15 is 0 Å². The first-order valence-electron chi connectivity index (χ1n) is 3.53. The average molecular weight is 148 g/mol. The number of rotatable bonds is 4. The van der Waals surface area contributed by atoms with Gasteiger partial charge in [-0.05, 0) is 19.8 Å². The van der Waals surface area contributed by atoms with Crippen LogP contribution in [0.1, 0.15) is 33.1 Å². The molecule has 0 bridgehead atoms. The molecule has 1 nitrogen and oxygen atoms in total. The van der Waals surface area contributed by atoms with Crippen LogP contribution in [0.5, 0.6) is 0 Å². The van der Waals surface area contributed by atoms with E-state index in [-0.39, 0.29) is 6.10 Å². The molecule has 0 saturated carbocycles. The molecule has 0 radical (unpaired) electrons. The molecule has 0 aliphatic heterocycles. The van der Waals surface area contributed by atoms with Crippen LogP contribution in [-0.4, -0.2) is 16.5 Å². The maximum absolute atomic E-state index is 8.90. The molecule has 0 saturated heterocycles. The van der Waals surface area contributed by atoms with Crippen molar-refractivity contribution in [1.82, 2.24) is 0 Å². The lowest BCUT2D eigenvalue weighted by Gasteiger charge is -2.09. The summed E-state index contributed by atoms with van der Waals surface area (Å²) in [4.78, 5) is 0. The van der Waals surface area contributed by atoms with Crippen LogP contribution in [0.15, 0.2) is 0 Å². The first-order chi connectivity index (χ1) is 4.16. The zero-order valence-corrected chi connectivity index (χ0v) is 7.06. The van der Waals surface area contributed by atoms with Gasteiger partial charge in [-0.1, -0.05) is 13.3 Å². The minimum atomic E-state index is -0.195. The SMILES string of the molecule is CCC[C@@H](S)C[C@@H](C)O. The Morgan fingerprint density at radius 1 is 1.56 bits per heavy atom. The molecule has 0 aromatic carbocycles. The fourth-order valence-electron chi connectivity index (χ4n) is 0.845. The highest BCUT2D eigenvalue weighted by molar-refractivity contribution is 7.80. The Morgan fingerprint density at radius 3 is 2.44 bits per heavy atom. The maximum Gasteiger partial charge on any atom is 0.0522 e. The van der Waals surface area contributed by atoms with Gasteiger partial charge in [0.2, 0.25) is 0 Å². The zero-order chi connectivity index (χ0) is 7.28. The molecular weight excluding hydrogens is 132 g/mol. The monoisotopic (exact) mass is 148 g/mol. The van der Waals surface area contributed by atoms with Gasteiger partial charge >= 0.3 is 0 Å². The van der Waals surface area contributed by atoms with E-state index in [0.717, 1.165) is 19.3 Å². The Morgan fingerprint density at radius 2 is 2.11 bits per heavy atom. The minimum absolute atomic E-state index is 0.195. The van der Waals surface area contributed by atoms with Crippen LogP contribution >= 0.6 is 12.6 Å². The summed E-state index contributed by atoms with van der Waals surface area (Å²) in [6.07, 6.45) is 2.88. The van der Waals surface area contributed by atoms with E-state index in [4.69, 9.17) is 5.11 Å². The topological polar surface area (TPSA) is 20.2 Å². The van der Waals surface area contributed by atoms with Gasteiger partial charge in [-0.2, -0.15) is 12.6 Å². The second-order valence-corrected chi connectivity index (χ2v) is 3.26. The molecule has 0 spiro atoms. The molecule has 1 N–H and O–H groups in total. The first-order valence-corrected chi connectivity index (χ1v) is 4.04. The minimum Gasteiger partial charge on any atom is -0.393 e. The summed E-state index contributed by atoms with van der Waals surface area (Å²) in [5.74, 6) is 0. The predicted octanol–water partition coefficient (Wildman–Crippen LogP) is 1.86. The summed E-state index contributed by atoms with van der Waals surface area (Å²) in [6, 6.07) is 0. The van der Waals surface area contributed by atoms with E-state index < -0.39 is 0 Å². The molecule has 0 amide bonds. The molecule has 56 valence electrons. The summed E-state index contributed by atoms with van der Waals surface area (Å²) >= 11 is 4.29. The zero-order valence-electron chi connectivity index (χ0n) is 6.17. The summed E-state index contributed by atoms with van der Waals surface area (Å²) in [5.41, 5.74) is 0. The summed E-state index contributed by atoms with van der Waals surface area (Å²) in [7, 11) is 0. The van der Waals surface area contributed by atoms with Crippen LogP contribution in [0.4, 0.5) is 0 Å². The van der Waals surface area contributed by atoms with Gasteiger partial charge in [0.05, 0.1) is 6.10 Å². The third-order valence-electron chi connectivity index (χ3n) is 1.24. The van der Waals surface area contributed by atoms with Gasteiger partial charge in [0.15, 0.2) is 0 Å². The second kappa shape index (κ2) is 5.12. The van der Waals surface area contributed by atoms with Crippen molar-refractivity contribution in [3.8, 4) is 0 Å². The van der Waals surface area contributed by atoms with Crippen molar-refractivity contribution in [2.24, 2.45) is 0 Å². The quantitative estimate of drug-likeness (QED) is 0.583. The lowest BCUT2D eigenvalue weighted by molar-refractivity contribution is 0.183. The standard InChI is InChI=1S/C7H16OS/c1-3-4-7(9)5-6(2)8/h6-9H,3-5H2,1-2H3/t6-,7-/m1/s1. The third kappa shape index (κ3) is 6.19. The van der Waals surface area contributed by atoms with Gasteiger partial charge in [-0.3, -0.25) is 0 Å². The molecule has 9 heavy (non-hydrogen) atoms. The summed E-state index contributed by atoms with van der Waals surface area (Å²) in [6.45, 7) is 3.93. The molecule has 0 rings (SSSR count). The normalized spacial score (nSPS) is 17.3. The van der Waals surface area contributed by atoms with Gasteiger partial charge in [0, 0.05) is 5.25 Å². The smallest absolute Gasteiger partial charge is 0.0522 e. The first kappa shape index (κ1) is 9.31. The fraction of sp³-hybridized carbons (Fsp3) is 1.00. The van der Waals surface area contributed by atoms with Crippen molar-refractivity contribution in [2.75, 3.05) is 0 Å². The molecular formula is C7H16OS. The predicted molar refractivity (Wildman–Crippen MR) is 44.0 cm³/mol. The van der Waals surface area contributed by atoms with E-state index in [9.17, 15) is 0 Å². The molecule has 2 heteroatoms. The van der Waals surface area contributed by atoms with Crippen LogP contribution in [-0.2, 0) is 0 Å². The number of hydrogen-bond donors (Lipinski definition) is 2. The highest BCUT2D eigenvalue weighted by Crippen LogP contribution is 2.10. The van der Waals surface area contributed by atoms with E-state index in [1.165, 1.54) is 0 Å². The van der Waals surface area contributed by atoms with Crippen LogP contribution in [0.2, 0.25) is 0 Å². The largest absolute Gasteiger partial charge is 0.393 e. The summed E-state index contributed by atoms with van der Waals surface area (Å²) in [5, 5.41) is 9.28. The molecule has 0 aliphatic carbocycles. The van der Waals surface area contributed by atoms with Gasteiger partial charge in [-0.15, -0.1) is 0 Å². The Bertz CT molecular complexity index is 63.9. The van der Waals surface area contributed by atoms with Gasteiger partial charge in [0.1, 0.15) is 0 Å². The van der Waals surface area contributed by atoms with Gasteiger partial charge in [-0.25, -0.2) is 0 Å². The average Bonchev–Trinajstić information content (AvgIpc) is 1.63.